The molecule has 9 nitrogen and oxygen atoms in total. The standard InChI is InChI=1S/C6H10O4.5CO.W/c1-9-5(7)3-4-6(8)10-2;5*1-2;/h3-4,7-8H,1-2H3;;;;;;/q;;;;;;+2/p-2. The van der Waals surface area contributed by atoms with Gasteiger partial charge < -0.3 is 19.7 Å². The van der Waals surface area contributed by atoms with Crippen LogP contribution in [0.1, 0.15) is 0 Å². The number of hydrogen-bond acceptors (Lipinski definition) is 4. The first-order valence-corrected chi connectivity index (χ1v) is 3.56. The van der Waals surface area contributed by atoms with E-state index in [9.17, 15) is 10.2 Å². The maximum atomic E-state index is 10.3. The summed E-state index contributed by atoms with van der Waals surface area (Å²) in [5, 5.41) is 20.6. The van der Waals surface area contributed by atoms with E-state index in [0.717, 1.165) is 12.2 Å². The summed E-state index contributed by atoms with van der Waals surface area (Å²) in [7, 11) is 2.45. The second kappa shape index (κ2) is 80.9. The van der Waals surface area contributed by atoms with Crippen molar-refractivity contribution < 1.29 is 64.0 Å². The van der Waals surface area contributed by atoms with E-state index in [1.807, 2.05) is 0 Å². The SMILES string of the molecule is COC([O-])=CC=C([O-])OC.[C-]#[O+].[C-]#[O+].[C-]#[O+].[C-]#[O+].[C-]#[O+].[W+2]. The summed E-state index contributed by atoms with van der Waals surface area (Å²) in [5.74, 6) is -1.16. The molecule has 0 aromatic rings. The molecule has 10 heteroatoms. The zero-order valence-corrected chi connectivity index (χ0v) is 13.7. The summed E-state index contributed by atoms with van der Waals surface area (Å²) in [5.41, 5.74) is 0. The van der Waals surface area contributed by atoms with Crippen LogP contribution >= 0.6 is 0 Å². The van der Waals surface area contributed by atoms with Gasteiger partial charge in [0.2, 0.25) is 0 Å². The average molecular weight is 468 g/mol. The van der Waals surface area contributed by atoms with Gasteiger partial charge in [-0.2, -0.15) is 0 Å². The second-order valence-corrected chi connectivity index (χ2v) is 1.38. The van der Waals surface area contributed by atoms with Gasteiger partial charge in [0.25, 0.3) is 0 Å². The minimum absolute atomic E-state index is 0. The zero-order chi connectivity index (χ0) is 18.0. The van der Waals surface area contributed by atoms with Gasteiger partial charge in [-0.05, 0) is 26.4 Å². The van der Waals surface area contributed by atoms with Gasteiger partial charge >= 0.3 is 77.6 Å². The molecule has 112 valence electrons. The van der Waals surface area contributed by atoms with Crippen LogP contribution < -0.4 is 10.2 Å². The molecule has 0 saturated heterocycles. The van der Waals surface area contributed by atoms with E-state index < -0.39 is 11.9 Å². The van der Waals surface area contributed by atoms with Crippen molar-refractivity contribution in [3.8, 4) is 0 Å². The van der Waals surface area contributed by atoms with E-state index in [1.165, 1.54) is 14.2 Å². The van der Waals surface area contributed by atoms with Crippen molar-refractivity contribution in [3.63, 3.8) is 0 Å². The average Bonchev–Trinajstić information content (AvgIpc) is 2.61. The molecule has 0 saturated carbocycles. The van der Waals surface area contributed by atoms with Crippen molar-refractivity contribution >= 4 is 0 Å². The number of methoxy groups -OCH3 is 2. The Hall–Kier alpha value is -1.93. The number of allylic oxidation sites excluding steroid dienone is 2. The van der Waals surface area contributed by atoms with E-state index in [0.29, 0.717) is 0 Å². The maximum Gasteiger partial charge on any atom is 2.00 e. The molecule has 0 aromatic carbocycles. The Balaban J connectivity index is -0.0000000303. The third-order valence-electron chi connectivity index (χ3n) is 0.758. The summed E-state index contributed by atoms with van der Waals surface area (Å²) in [6.07, 6.45) is 1.98. The van der Waals surface area contributed by atoms with E-state index in [1.54, 1.807) is 0 Å². The molecule has 0 aliphatic carbocycles. The Bertz CT molecular complexity index is 270. The van der Waals surface area contributed by atoms with Crippen molar-refractivity contribution in [3.05, 3.63) is 57.3 Å². The largest absolute Gasteiger partial charge is 2.00 e. The number of ether oxygens (including phenoxy) is 2. The fourth-order valence-electron chi connectivity index (χ4n) is 0.272. The Morgan fingerprint density at radius 3 is 0.905 bits per heavy atom. The fourth-order valence-corrected chi connectivity index (χ4v) is 0.272. The van der Waals surface area contributed by atoms with Crippen LogP contribution in [0.5, 0.6) is 0 Å². The summed E-state index contributed by atoms with van der Waals surface area (Å²) in [6, 6.07) is 0. The Labute approximate surface area is 136 Å². The maximum absolute atomic E-state index is 10.3. The van der Waals surface area contributed by atoms with Crippen molar-refractivity contribution in [1.29, 1.82) is 0 Å². The third kappa shape index (κ3) is 93.4. The molecular weight excluding hydrogens is 460 g/mol. The summed E-state index contributed by atoms with van der Waals surface area (Å²) >= 11 is 0. The molecule has 0 heterocycles. The Morgan fingerprint density at radius 2 is 0.810 bits per heavy atom. The predicted molar refractivity (Wildman–Crippen MR) is 49.8 cm³/mol. The van der Waals surface area contributed by atoms with Gasteiger partial charge in [-0.1, -0.05) is 0 Å². The van der Waals surface area contributed by atoms with Crippen LogP contribution in [-0.2, 0) is 53.8 Å². The molecule has 21 heavy (non-hydrogen) atoms. The number of rotatable bonds is 3. The minimum Gasteiger partial charge on any atom is 2.00 e. The summed E-state index contributed by atoms with van der Waals surface area (Å²) in [4.78, 5) is 0. The van der Waals surface area contributed by atoms with E-state index in [-0.39, 0.29) is 21.1 Å². The molecule has 0 aliphatic heterocycles. The van der Waals surface area contributed by atoms with Gasteiger partial charge in [0, 0.05) is 0 Å². The van der Waals surface area contributed by atoms with Gasteiger partial charge in [0.05, 0.1) is 11.9 Å². The molecule has 0 aromatic heterocycles. The van der Waals surface area contributed by atoms with Crippen molar-refractivity contribution in [2.24, 2.45) is 0 Å². The van der Waals surface area contributed by atoms with Gasteiger partial charge in [0.15, 0.2) is 0 Å². The minimum atomic E-state index is -0.578. The fraction of sp³-hybridized carbons (Fsp3) is 0.182. The molecule has 0 atom stereocenters. The molecule has 0 radical (unpaired) electrons. The van der Waals surface area contributed by atoms with Crippen LogP contribution in [0, 0.1) is 33.3 Å². The Kier molecular flexibility index (Phi) is 165. The van der Waals surface area contributed by atoms with Crippen LogP contribution in [-0.4, -0.2) is 14.2 Å². The van der Waals surface area contributed by atoms with Crippen LogP contribution in [0.2, 0.25) is 0 Å². The number of hydrogen-bond donors (Lipinski definition) is 0. The van der Waals surface area contributed by atoms with Gasteiger partial charge in [0.1, 0.15) is 0 Å². The first kappa shape index (κ1) is 42.7. The van der Waals surface area contributed by atoms with Crippen LogP contribution in [0.25, 0.3) is 0 Å². The van der Waals surface area contributed by atoms with Gasteiger partial charge in [-0.25, -0.2) is 0 Å². The molecular formula is C11H8O9W. The quantitative estimate of drug-likeness (QED) is 0.213. The third-order valence-corrected chi connectivity index (χ3v) is 0.758. The van der Waals surface area contributed by atoms with E-state index in [4.69, 9.17) is 23.3 Å². The molecule has 0 spiro atoms. The summed E-state index contributed by atoms with van der Waals surface area (Å²) < 4.78 is 45.9. The first-order chi connectivity index (χ1) is 9.70. The van der Waals surface area contributed by atoms with Crippen molar-refractivity contribution in [2.45, 2.75) is 0 Å². The summed E-state index contributed by atoms with van der Waals surface area (Å²) in [6.45, 7) is 22.5. The van der Waals surface area contributed by atoms with Crippen LogP contribution in [0.3, 0.4) is 0 Å². The van der Waals surface area contributed by atoms with E-state index >= 15 is 0 Å². The molecule has 0 unspecified atom stereocenters. The van der Waals surface area contributed by atoms with Crippen LogP contribution in [0.4, 0.5) is 0 Å². The molecule has 0 rings (SSSR count). The first-order valence-electron chi connectivity index (χ1n) is 3.56. The normalized spacial score (nSPS) is 6.67. The predicted octanol–water partition coefficient (Wildman–Crippen LogP) is -1.51. The van der Waals surface area contributed by atoms with Gasteiger partial charge in [-0.3, -0.25) is 0 Å². The van der Waals surface area contributed by atoms with Crippen molar-refractivity contribution in [1.82, 2.24) is 0 Å². The molecule has 0 amide bonds. The monoisotopic (exact) mass is 468 g/mol. The topological polar surface area (TPSA) is 164 Å². The molecule has 0 bridgehead atoms. The zero-order valence-electron chi connectivity index (χ0n) is 10.7. The van der Waals surface area contributed by atoms with Gasteiger partial charge in [-0.15, -0.1) is 0 Å². The molecule has 0 fully saturated rings. The van der Waals surface area contributed by atoms with Crippen molar-refractivity contribution in [2.75, 3.05) is 14.2 Å². The van der Waals surface area contributed by atoms with E-state index in [2.05, 4.69) is 42.7 Å². The molecule has 0 N–H and O–H groups in total. The van der Waals surface area contributed by atoms with Crippen LogP contribution in [0.15, 0.2) is 24.0 Å². The Morgan fingerprint density at radius 1 is 0.667 bits per heavy atom. The molecule has 0 aliphatic rings. The smallest absolute Gasteiger partial charge is 2.00 e. The second-order valence-electron chi connectivity index (χ2n) is 1.38.